The van der Waals surface area contributed by atoms with Gasteiger partial charge in [-0.2, -0.15) is 0 Å². The van der Waals surface area contributed by atoms with Crippen LogP contribution in [0.25, 0.3) is 0 Å². The van der Waals surface area contributed by atoms with Gasteiger partial charge >= 0.3 is 6.03 Å². The topological polar surface area (TPSA) is 75.4 Å². The second kappa shape index (κ2) is 4.85. The van der Waals surface area contributed by atoms with Gasteiger partial charge < -0.3 is 5.73 Å². The number of carbonyl (C=O) groups is 1. The number of hydroxylamine groups is 1. The molecule has 0 atom stereocenters. The third-order valence-electron chi connectivity index (χ3n) is 0.110. The van der Waals surface area contributed by atoms with E-state index in [1.807, 2.05) is 0 Å². The van der Waals surface area contributed by atoms with Crippen molar-refractivity contribution in [2.75, 3.05) is 0 Å². The number of amides is 2. The molecule has 0 heterocycles. The van der Waals surface area contributed by atoms with Crippen LogP contribution in [0, 0.1) is 0 Å². The summed E-state index contributed by atoms with van der Waals surface area (Å²) < 4.78 is 0. The zero-order valence-electron chi connectivity index (χ0n) is 3.14. The van der Waals surface area contributed by atoms with Gasteiger partial charge in [-0.1, -0.05) is 0 Å². The fourth-order valence-electron chi connectivity index (χ4n) is 0. The van der Waals surface area contributed by atoms with Crippen LogP contribution >= 0.6 is 0 Å². The van der Waals surface area contributed by atoms with E-state index in [4.69, 9.17) is 5.21 Å². The van der Waals surface area contributed by atoms with Crippen molar-refractivity contribution in [1.29, 1.82) is 0 Å². The van der Waals surface area contributed by atoms with Crippen LogP contribution in [0.3, 0.4) is 0 Å². The molecule has 0 aliphatic carbocycles. The summed E-state index contributed by atoms with van der Waals surface area (Å²) >= 11 is 0. The Morgan fingerprint density at radius 2 is 2.00 bits per heavy atom. The van der Waals surface area contributed by atoms with E-state index in [9.17, 15) is 4.79 Å². The first-order chi connectivity index (χ1) is 2.27. The third kappa shape index (κ3) is 9.13. The van der Waals surface area contributed by atoms with Crippen LogP contribution in [-0.4, -0.2) is 11.2 Å². The maximum Gasteiger partial charge on any atom is 0.335 e. The second-order valence-electron chi connectivity index (χ2n) is 0.476. The largest absolute Gasteiger partial charge is 0.350 e. The van der Waals surface area contributed by atoms with Gasteiger partial charge in [-0.25, -0.2) is 10.3 Å². The molecular formula is CH4N2O2Zn. The van der Waals surface area contributed by atoms with E-state index in [-0.39, 0.29) is 19.5 Å². The number of primary amides is 1. The number of nitrogens with two attached hydrogens (primary N) is 1. The van der Waals surface area contributed by atoms with Crippen molar-refractivity contribution >= 4 is 6.03 Å². The Morgan fingerprint density at radius 1 is 1.83 bits per heavy atom. The molecular weight excluding hydrogens is 137 g/mol. The summed E-state index contributed by atoms with van der Waals surface area (Å²) in [5.41, 5.74) is 5.46. The Labute approximate surface area is 47.4 Å². The SMILES string of the molecule is NC(=O)NO.[Zn]. The van der Waals surface area contributed by atoms with Crippen molar-refractivity contribution in [2.24, 2.45) is 5.73 Å². The van der Waals surface area contributed by atoms with Gasteiger partial charge in [0.2, 0.25) is 0 Å². The molecule has 4 nitrogen and oxygen atoms in total. The van der Waals surface area contributed by atoms with Crippen molar-refractivity contribution in [1.82, 2.24) is 5.48 Å². The Balaban J connectivity index is 0. The molecule has 0 unspecified atom stereocenters. The van der Waals surface area contributed by atoms with Gasteiger partial charge in [0.05, 0.1) is 0 Å². The van der Waals surface area contributed by atoms with Crippen LogP contribution in [0.15, 0.2) is 0 Å². The predicted molar refractivity (Wildman–Crippen MR) is 14.5 cm³/mol. The minimum absolute atomic E-state index is 0. The normalized spacial score (nSPS) is 5.50. The molecule has 6 heavy (non-hydrogen) atoms. The Morgan fingerprint density at radius 3 is 2.00 bits per heavy atom. The van der Waals surface area contributed by atoms with Crippen molar-refractivity contribution < 1.29 is 29.5 Å². The summed E-state index contributed by atoms with van der Waals surface area (Å²) in [7, 11) is 0. The van der Waals surface area contributed by atoms with Crippen molar-refractivity contribution in [3.8, 4) is 0 Å². The summed E-state index contributed by atoms with van der Waals surface area (Å²) in [6.07, 6.45) is 0. The second-order valence-corrected chi connectivity index (χ2v) is 0.476. The molecule has 0 aromatic heterocycles. The van der Waals surface area contributed by atoms with E-state index in [0.717, 1.165) is 0 Å². The van der Waals surface area contributed by atoms with Crippen LogP contribution < -0.4 is 11.2 Å². The van der Waals surface area contributed by atoms with Crippen molar-refractivity contribution in [3.05, 3.63) is 0 Å². The maximum atomic E-state index is 9.23. The van der Waals surface area contributed by atoms with Gasteiger partial charge in [0, 0.05) is 19.5 Å². The van der Waals surface area contributed by atoms with E-state index in [0.29, 0.717) is 0 Å². The minimum Gasteiger partial charge on any atom is -0.350 e. The van der Waals surface area contributed by atoms with E-state index in [2.05, 4.69) is 5.73 Å². The maximum absolute atomic E-state index is 9.23. The molecule has 0 radical (unpaired) electrons. The predicted octanol–water partition coefficient (Wildman–Crippen LogP) is -0.959. The third-order valence-corrected chi connectivity index (χ3v) is 0.110. The van der Waals surface area contributed by atoms with E-state index < -0.39 is 6.03 Å². The van der Waals surface area contributed by atoms with Gasteiger partial charge in [-0.3, -0.25) is 5.21 Å². The minimum atomic E-state index is -0.940. The smallest absolute Gasteiger partial charge is 0.335 e. The summed E-state index contributed by atoms with van der Waals surface area (Å²) in [6, 6.07) is -0.940. The Bertz CT molecular complexity index is 46.8. The fraction of sp³-hybridized carbons (Fsp3) is 0. The molecule has 0 saturated carbocycles. The molecule has 0 bridgehead atoms. The molecule has 0 fully saturated rings. The number of hydrogen-bond donors (Lipinski definition) is 3. The number of carbonyl (C=O) groups excluding carboxylic acids is 1. The van der Waals surface area contributed by atoms with Crippen molar-refractivity contribution in [2.45, 2.75) is 0 Å². The van der Waals surface area contributed by atoms with Crippen LogP contribution in [0.2, 0.25) is 0 Å². The first kappa shape index (κ1) is 9.29. The van der Waals surface area contributed by atoms with Crippen LogP contribution in [0.1, 0.15) is 0 Å². The fourth-order valence-corrected chi connectivity index (χ4v) is 0. The van der Waals surface area contributed by atoms with Crippen LogP contribution in [0.4, 0.5) is 4.79 Å². The van der Waals surface area contributed by atoms with Crippen molar-refractivity contribution in [3.63, 3.8) is 0 Å². The zero-order chi connectivity index (χ0) is 4.28. The van der Waals surface area contributed by atoms with Gasteiger partial charge in [0.1, 0.15) is 0 Å². The van der Waals surface area contributed by atoms with Gasteiger partial charge in [0.15, 0.2) is 0 Å². The molecule has 0 aromatic carbocycles. The molecule has 5 heteroatoms. The first-order valence-electron chi connectivity index (χ1n) is 0.966. The summed E-state index contributed by atoms with van der Waals surface area (Å²) in [5, 5.41) is 7.42. The summed E-state index contributed by atoms with van der Waals surface area (Å²) in [5.74, 6) is 0. The van der Waals surface area contributed by atoms with E-state index in [1.165, 1.54) is 5.48 Å². The summed E-state index contributed by atoms with van der Waals surface area (Å²) in [4.78, 5) is 9.23. The Kier molecular flexibility index (Phi) is 7.51. The molecule has 0 saturated heterocycles. The average molecular weight is 141 g/mol. The monoisotopic (exact) mass is 140 g/mol. The molecule has 0 spiro atoms. The van der Waals surface area contributed by atoms with E-state index in [1.54, 1.807) is 0 Å². The quantitative estimate of drug-likeness (QED) is 0.231. The molecule has 4 N–H and O–H groups in total. The standard InChI is InChI=1S/CH4N2O2.Zn/c2-1(4)3-5;/h5H,(H3,2,3,4);. The molecule has 0 aromatic rings. The van der Waals surface area contributed by atoms with Crippen LogP contribution in [-0.2, 0) is 19.5 Å². The molecule has 32 valence electrons. The molecule has 0 aliphatic rings. The summed E-state index contributed by atoms with van der Waals surface area (Å²) in [6.45, 7) is 0. The average Bonchev–Trinajstić information content (AvgIpc) is 1.38. The Hall–Kier alpha value is -0.147. The number of rotatable bonds is 0. The number of urea groups is 1. The number of nitrogens with one attached hydrogen (secondary N) is 1. The molecule has 0 rings (SSSR count). The van der Waals surface area contributed by atoms with E-state index >= 15 is 0 Å². The molecule has 0 aliphatic heterocycles. The number of hydrogen-bond acceptors (Lipinski definition) is 2. The van der Waals surface area contributed by atoms with Crippen LogP contribution in [0.5, 0.6) is 0 Å². The molecule has 2 amide bonds. The van der Waals surface area contributed by atoms with Gasteiger partial charge in [-0.05, 0) is 0 Å². The first-order valence-corrected chi connectivity index (χ1v) is 0.966. The zero-order valence-corrected chi connectivity index (χ0v) is 6.11. The van der Waals surface area contributed by atoms with Gasteiger partial charge in [-0.15, -0.1) is 0 Å². The van der Waals surface area contributed by atoms with Gasteiger partial charge in [0.25, 0.3) is 0 Å².